The molecule has 0 atom stereocenters. The lowest BCUT2D eigenvalue weighted by molar-refractivity contribution is 0.249. The van der Waals surface area contributed by atoms with E-state index in [4.69, 9.17) is 5.73 Å². The molecule has 0 unspecified atom stereocenters. The van der Waals surface area contributed by atoms with Crippen molar-refractivity contribution in [3.63, 3.8) is 0 Å². The van der Waals surface area contributed by atoms with Gasteiger partial charge in [0.1, 0.15) is 0 Å². The zero-order chi connectivity index (χ0) is 11.5. The minimum absolute atomic E-state index is 0.475. The van der Waals surface area contributed by atoms with E-state index in [1.54, 1.807) is 0 Å². The molecule has 2 amide bonds. The average Bonchev–Trinajstić information content (AvgIpc) is 2.58. The Hall–Kier alpha value is -1.97. The van der Waals surface area contributed by atoms with Crippen LogP contribution in [-0.2, 0) is 6.42 Å². The van der Waals surface area contributed by atoms with Crippen molar-refractivity contribution in [1.82, 2.24) is 10.3 Å². The van der Waals surface area contributed by atoms with Crippen molar-refractivity contribution >= 4 is 16.9 Å². The SMILES string of the molecule is Cc1cc2c(CCNC(N)=O)cccc2[nH]1. The third-order valence-electron chi connectivity index (χ3n) is 2.58. The highest BCUT2D eigenvalue weighted by Gasteiger charge is 2.03. The largest absolute Gasteiger partial charge is 0.359 e. The van der Waals surface area contributed by atoms with E-state index in [-0.39, 0.29) is 0 Å². The Morgan fingerprint density at radius 3 is 3.06 bits per heavy atom. The number of nitrogens with one attached hydrogen (secondary N) is 2. The van der Waals surface area contributed by atoms with E-state index < -0.39 is 6.03 Å². The molecule has 4 heteroatoms. The Morgan fingerprint density at radius 2 is 2.31 bits per heavy atom. The molecule has 1 aromatic heterocycles. The van der Waals surface area contributed by atoms with Gasteiger partial charge in [0, 0.05) is 23.1 Å². The number of aromatic amines is 1. The number of benzene rings is 1. The van der Waals surface area contributed by atoms with Crippen molar-refractivity contribution in [3.8, 4) is 0 Å². The molecule has 0 spiro atoms. The number of nitrogens with two attached hydrogens (primary N) is 1. The highest BCUT2D eigenvalue weighted by Crippen LogP contribution is 2.19. The topological polar surface area (TPSA) is 70.9 Å². The molecule has 0 saturated carbocycles. The van der Waals surface area contributed by atoms with Crippen LogP contribution in [0, 0.1) is 6.92 Å². The normalized spacial score (nSPS) is 10.6. The van der Waals surface area contributed by atoms with Gasteiger partial charge in [-0.25, -0.2) is 4.79 Å². The van der Waals surface area contributed by atoms with Crippen molar-refractivity contribution in [3.05, 3.63) is 35.5 Å². The zero-order valence-corrected chi connectivity index (χ0v) is 9.21. The summed E-state index contributed by atoms with van der Waals surface area (Å²) in [5, 5.41) is 3.81. The molecule has 0 aliphatic heterocycles. The van der Waals surface area contributed by atoms with Gasteiger partial charge < -0.3 is 16.0 Å². The summed E-state index contributed by atoms with van der Waals surface area (Å²) in [6, 6.07) is 7.77. The van der Waals surface area contributed by atoms with Crippen LogP contribution < -0.4 is 11.1 Å². The number of hydrogen-bond donors (Lipinski definition) is 3. The Morgan fingerprint density at radius 1 is 1.50 bits per heavy atom. The molecule has 0 radical (unpaired) electrons. The standard InChI is InChI=1S/C12H15N3O/c1-8-7-10-9(5-6-14-12(13)16)3-2-4-11(10)15-8/h2-4,7,15H,5-6H2,1H3,(H3,13,14,16). The van der Waals surface area contributed by atoms with Crippen LogP contribution in [0.2, 0.25) is 0 Å². The summed E-state index contributed by atoms with van der Waals surface area (Å²) in [7, 11) is 0. The lowest BCUT2D eigenvalue weighted by Crippen LogP contribution is -2.30. The van der Waals surface area contributed by atoms with Crippen LogP contribution >= 0.6 is 0 Å². The van der Waals surface area contributed by atoms with Crippen LogP contribution in [0.25, 0.3) is 10.9 Å². The van der Waals surface area contributed by atoms with Crippen molar-refractivity contribution in [2.24, 2.45) is 5.73 Å². The number of fused-ring (bicyclic) bond motifs is 1. The Kier molecular flexibility index (Phi) is 2.81. The van der Waals surface area contributed by atoms with Gasteiger partial charge in [0.15, 0.2) is 0 Å². The molecule has 0 saturated heterocycles. The third-order valence-corrected chi connectivity index (χ3v) is 2.58. The second-order valence-corrected chi connectivity index (χ2v) is 3.87. The number of rotatable bonds is 3. The Bertz CT molecular complexity index is 516. The monoisotopic (exact) mass is 217 g/mol. The average molecular weight is 217 g/mol. The quantitative estimate of drug-likeness (QED) is 0.719. The van der Waals surface area contributed by atoms with Crippen molar-refractivity contribution in [2.75, 3.05) is 6.54 Å². The molecular formula is C12H15N3O. The van der Waals surface area contributed by atoms with Gasteiger partial charge in [-0.1, -0.05) is 12.1 Å². The highest BCUT2D eigenvalue weighted by molar-refractivity contribution is 5.84. The van der Waals surface area contributed by atoms with Gasteiger partial charge in [-0.3, -0.25) is 0 Å². The number of aromatic nitrogens is 1. The van der Waals surface area contributed by atoms with E-state index in [0.29, 0.717) is 6.54 Å². The van der Waals surface area contributed by atoms with E-state index in [0.717, 1.165) is 17.6 Å². The summed E-state index contributed by atoms with van der Waals surface area (Å²) in [5.41, 5.74) is 8.51. The Labute approximate surface area is 93.8 Å². The number of carbonyl (C=O) groups excluding carboxylic acids is 1. The molecule has 84 valence electrons. The van der Waals surface area contributed by atoms with Gasteiger partial charge >= 0.3 is 6.03 Å². The first-order valence-corrected chi connectivity index (χ1v) is 5.27. The smallest absolute Gasteiger partial charge is 0.312 e. The minimum Gasteiger partial charge on any atom is -0.359 e. The second kappa shape index (κ2) is 4.26. The molecule has 0 fully saturated rings. The zero-order valence-electron chi connectivity index (χ0n) is 9.21. The predicted octanol–water partition coefficient (Wildman–Crippen LogP) is 1.69. The summed E-state index contributed by atoms with van der Waals surface area (Å²) in [6.07, 6.45) is 0.789. The first kappa shape index (κ1) is 10.5. The number of carbonyl (C=O) groups is 1. The predicted molar refractivity (Wildman–Crippen MR) is 64.3 cm³/mol. The van der Waals surface area contributed by atoms with Gasteiger partial charge in [0.2, 0.25) is 0 Å². The minimum atomic E-state index is -0.475. The van der Waals surface area contributed by atoms with Crippen LogP contribution in [0.5, 0.6) is 0 Å². The number of hydrogen-bond acceptors (Lipinski definition) is 1. The molecule has 0 aliphatic carbocycles. The molecule has 0 aliphatic rings. The van der Waals surface area contributed by atoms with Gasteiger partial charge in [-0.05, 0) is 31.0 Å². The van der Waals surface area contributed by atoms with Crippen LogP contribution in [-0.4, -0.2) is 17.6 Å². The molecule has 1 heterocycles. The van der Waals surface area contributed by atoms with Gasteiger partial charge in [-0.2, -0.15) is 0 Å². The molecular weight excluding hydrogens is 202 g/mol. The fraction of sp³-hybridized carbons (Fsp3) is 0.250. The van der Waals surface area contributed by atoms with Crippen LogP contribution in [0.15, 0.2) is 24.3 Å². The summed E-state index contributed by atoms with van der Waals surface area (Å²) < 4.78 is 0. The first-order valence-electron chi connectivity index (χ1n) is 5.27. The van der Waals surface area contributed by atoms with Crippen LogP contribution in [0.1, 0.15) is 11.3 Å². The van der Waals surface area contributed by atoms with Crippen LogP contribution in [0.4, 0.5) is 4.79 Å². The van der Waals surface area contributed by atoms with Gasteiger partial charge in [0.05, 0.1) is 0 Å². The number of H-pyrrole nitrogens is 1. The summed E-state index contributed by atoms with van der Waals surface area (Å²) in [5.74, 6) is 0. The maximum atomic E-state index is 10.6. The van der Waals surface area contributed by atoms with Crippen LogP contribution in [0.3, 0.4) is 0 Å². The number of amides is 2. The van der Waals surface area contributed by atoms with Crippen molar-refractivity contribution in [1.29, 1.82) is 0 Å². The van der Waals surface area contributed by atoms with E-state index in [2.05, 4.69) is 22.4 Å². The maximum Gasteiger partial charge on any atom is 0.312 e. The summed E-state index contributed by atoms with van der Waals surface area (Å²) >= 11 is 0. The lowest BCUT2D eigenvalue weighted by Gasteiger charge is -2.03. The first-order chi connectivity index (χ1) is 7.66. The molecule has 4 nitrogen and oxygen atoms in total. The van der Waals surface area contributed by atoms with Gasteiger partial charge in [-0.15, -0.1) is 0 Å². The van der Waals surface area contributed by atoms with E-state index in [1.807, 2.05) is 19.1 Å². The highest BCUT2D eigenvalue weighted by atomic mass is 16.2. The fourth-order valence-corrected chi connectivity index (χ4v) is 1.90. The molecule has 16 heavy (non-hydrogen) atoms. The molecule has 2 aromatic rings. The fourth-order valence-electron chi connectivity index (χ4n) is 1.90. The van der Waals surface area contributed by atoms with Crippen molar-refractivity contribution in [2.45, 2.75) is 13.3 Å². The molecule has 1 aromatic carbocycles. The molecule has 4 N–H and O–H groups in total. The lowest BCUT2D eigenvalue weighted by atomic mass is 10.1. The van der Waals surface area contributed by atoms with Crippen molar-refractivity contribution < 1.29 is 4.79 Å². The summed E-state index contributed by atoms with van der Waals surface area (Å²) in [4.78, 5) is 13.8. The second-order valence-electron chi connectivity index (χ2n) is 3.87. The Balaban J connectivity index is 2.20. The summed E-state index contributed by atoms with van der Waals surface area (Å²) in [6.45, 7) is 2.60. The van der Waals surface area contributed by atoms with E-state index in [1.165, 1.54) is 10.9 Å². The third kappa shape index (κ3) is 2.16. The van der Waals surface area contributed by atoms with E-state index in [9.17, 15) is 4.79 Å². The molecule has 2 rings (SSSR count). The number of urea groups is 1. The number of primary amides is 1. The number of aryl methyl sites for hydroxylation is 1. The van der Waals surface area contributed by atoms with E-state index >= 15 is 0 Å². The molecule has 0 bridgehead atoms. The maximum absolute atomic E-state index is 10.6. The van der Waals surface area contributed by atoms with Gasteiger partial charge in [0.25, 0.3) is 0 Å².